The highest BCUT2D eigenvalue weighted by Crippen LogP contribution is 2.22. The van der Waals surface area contributed by atoms with Crippen molar-refractivity contribution in [3.63, 3.8) is 0 Å². The third-order valence-corrected chi connectivity index (χ3v) is 1.83. The summed E-state index contributed by atoms with van der Waals surface area (Å²) in [7, 11) is 0. The molecule has 1 unspecified atom stereocenters. The average Bonchev–Trinajstić information content (AvgIpc) is 2.01. The number of hydrogen-bond donors (Lipinski definition) is 1. The van der Waals surface area contributed by atoms with E-state index in [1.165, 1.54) is 0 Å². The third-order valence-electron chi connectivity index (χ3n) is 1.83. The second-order valence-electron chi connectivity index (χ2n) is 2.60. The van der Waals surface area contributed by atoms with Crippen LogP contribution in [0.3, 0.4) is 0 Å². The molecule has 1 amide bonds. The van der Waals surface area contributed by atoms with Gasteiger partial charge >= 0.3 is 0 Å². The Bertz CT molecular complexity index is 263. The summed E-state index contributed by atoms with van der Waals surface area (Å²) in [6.07, 6.45) is 4.09. The first kappa shape index (κ1) is 6.34. The number of rotatable bonds is 1. The van der Waals surface area contributed by atoms with Crippen LogP contribution < -0.4 is 5.32 Å². The molecule has 0 saturated carbocycles. The van der Waals surface area contributed by atoms with Crippen LogP contribution in [0.5, 0.6) is 0 Å². The van der Waals surface area contributed by atoms with Gasteiger partial charge in [0.15, 0.2) is 0 Å². The fraction of sp³-hybridized carbons (Fsp3) is 0.250. The molecule has 1 aromatic rings. The van der Waals surface area contributed by atoms with Crippen LogP contribution in [0.1, 0.15) is 18.0 Å². The van der Waals surface area contributed by atoms with E-state index in [1.54, 1.807) is 12.4 Å². The summed E-state index contributed by atoms with van der Waals surface area (Å²) in [5.41, 5.74) is 1.14. The molecule has 1 fully saturated rings. The van der Waals surface area contributed by atoms with Crippen LogP contribution in [-0.4, -0.2) is 10.9 Å². The Balaban J connectivity index is 2.13. The van der Waals surface area contributed by atoms with Crippen LogP contribution in [0.25, 0.3) is 0 Å². The van der Waals surface area contributed by atoms with Crippen LogP contribution in [0.4, 0.5) is 0 Å². The summed E-state index contributed by atoms with van der Waals surface area (Å²) in [4.78, 5) is 14.4. The van der Waals surface area contributed by atoms with Crippen molar-refractivity contribution in [1.82, 2.24) is 10.3 Å². The number of nitrogens with one attached hydrogen (secondary N) is 1. The summed E-state index contributed by atoms with van der Waals surface area (Å²) in [6, 6.07) is 4.07. The van der Waals surface area contributed by atoms with E-state index in [1.807, 2.05) is 12.1 Å². The summed E-state index contributed by atoms with van der Waals surface area (Å²) in [6.45, 7) is 0. The lowest BCUT2D eigenvalue weighted by Crippen LogP contribution is -2.41. The predicted octanol–water partition coefficient (Wildman–Crippen LogP) is 0.643. The van der Waals surface area contributed by atoms with Crippen molar-refractivity contribution in [2.24, 2.45) is 0 Å². The van der Waals surface area contributed by atoms with Crippen molar-refractivity contribution in [3.8, 4) is 0 Å². The molecule has 3 heteroatoms. The Kier molecular flexibility index (Phi) is 1.35. The number of nitrogens with zero attached hydrogens (tertiary/aromatic N) is 1. The van der Waals surface area contributed by atoms with Gasteiger partial charge in [-0.05, 0) is 17.7 Å². The number of hydrogen-bond acceptors (Lipinski definition) is 2. The van der Waals surface area contributed by atoms with Gasteiger partial charge in [-0.3, -0.25) is 9.78 Å². The largest absolute Gasteiger partial charge is 0.349 e. The zero-order chi connectivity index (χ0) is 7.68. The van der Waals surface area contributed by atoms with E-state index in [-0.39, 0.29) is 11.9 Å². The SMILES string of the molecule is O=C1CC(c2ccncc2)N1. The molecular weight excluding hydrogens is 140 g/mol. The van der Waals surface area contributed by atoms with Crippen molar-refractivity contribution >= 4 is 5.91 Å². The summed E-state index contributed by atoms with van der Waals surface area (Å²) >= 11 is 0. The zero-order valence-electron chi connectivity index (χ0n) is 5.95. The van der Waals surface area contributed by atoms with Gasteiger partial charge in [0, 0.05) is 12.4 Å². The Morgan fingerprint density at radius 1 is 1.45 bits per heavy atom. The minimum atomic E-state index is 0.131. The van der Waals surface area contributed by atoms with Crippen molar-refractivity contribution in [2.45, 2.75) is 12.5 Å². The van der Waals surface area contributed by atoms with E-state index in [2.05, 4.69) is 10.3 Å². The minimum absolute atomic E-state index is 0.131. The van der Waals surface area contributed by atoms with Gasteiger partial charge < -0.3 is 5.32 Å². The first-order chi connectivity index (χ1) is 5.36. The van der Waals surface area contributed by atoms with Crippen molar-refractivity contribution in [1.29, 1.82) is 0 Å². The maximum absolute atomic E-state index is 10.6. The quantitative estimate of drug-likeness (QED) is 0.594. The molecule has 0 spiro atoms. The molecule has 1 saturated heterocycles. The summed E-state index contributed by atoms with van der Waals surface area (Å²) < 4.78 is 0. The van der Waals surface area contributed by atoms with Crippen molar-refractivity contribution in [3.05, 3.63) is 30.1 Å². The lowest BCUT2D eigenvalue weighted by atomic mass is 9.99. The number of carbonyl (C=O) groups is 1. The van der Waals surface area contributed by atoms with E-state index in [4.69, 9.17) is 0 Å². The molecule has 1 aliphatic rings. The second kappa shape index (κ2) is 2.34. The molecule has 2 heterocycles. The number of carbonyl (C=O) groups excluding carboxylic acids is 1. The molecule has 1 aliphatic heterocycles. The molecule has 3 nitrogen and oxygen atoms in total. The van der Waals surface area contributed by atoms with Gasteiger partial charge in [0.25, 0.3) is 0 Å². The number of β-lactam (4-membered cyclic amide) rings is 1. The van der Waals surface area contributed by atoms with Crippen LogP contribution in [0, 0.1) is 0 Å². The Morgan fingerprint density at radius 2 is 2.09 bits per heavy atom. The van der Waals surface area contributed by atoms with E-state index < -0.39 is 0 Å². The van der Waals surface area contributed by atoms with Crippen LogP contribution >= 0.6 is 0 Å². The normalized spacial score (nSPS) is 22.2. The van der Waals surface area contributed by atoms with Gasteiger partial charge in [0.05, 0.1) is 12.5 Å². The molecule has 1 N–H and O–H groups in total. The van der Waals surface area contributed by atoms with Crippen LogP contribution in [0.15, 0.2) is 24.5 Å². The van der Waals surface area contributed by atoms with E-state index >= 15 is 0 Å². The zero-order valence-corrected chi connectivity index (χ0v) is 5.95. The maximum Gasteiger partial charge on any atom is 0.222 e. The van der Waals surface area contributed by atoms with Gasteiger partial charge in [-0.2, -0.15) is 0 Å². The van der Waals surface area contributed by atoms with Gasteiger partial charge in [-0.15, -0.1) is 0 Å². The van der Waals surface area contributed by atoms with E-state index in [0.717, 1.165) is 5.56 Å². The standard InChI is InChI=1S/C8H8N2O/c11-8-5-7(10-8)6-1-3-9-4-2-6/h1-4,7H,5H2,(H,10,11). The highest BCUT2D eigenvalue weighted by molar-refractivity contribution is 5.83. The van der Waals surface area contributed by atoms with Gasteiger partial charge in [-0.1, -0.05) is 0 Å². The minimum Gasteiger partial charge on any atom is -0.349 e. The van der Waals surface area contributed by atoms with E-state index in [9.17, 15) is 4.79 Å². The Labute approximate surface area is 64.5 Å². The predicted molar refractivity (Wildman–Crippen MR) is 39.7 cm³/mol. The molecule has 56 valence electrons. The van der Waals surface area contributed by atoms with Gasteiger partial charge in [-0.25, -0.2) is 0 Å². The second-order valence-corrected chi connectivity index (χ2v) is 2.60. The fourth-order valence-corrected chi connectivity index (χ4v) is 1.16. The van der Waals surface area contributed by atoms with E-state index in [0.29, 0.717) is 6.42 Å². The lowest BCUT2D eigenvalue weighted by Gasteiger charge is -2.26. The first-order valence-electron chi connectivity index (χ1n) is 3.55. The van der Waals surface area contributed by atoms with Crippen molar-refractivity contribution in [2.75, 3.05) is 0 Å². The molecule has 11 heavy (non-hydrogen) atoms. The van der Waals surface area contributed by atoms with Crippen molar-refractivity contribution < 1.29 is 4.79 Å². The number of pyridine rings is 1. The smallest absolute Gasteiger partial charge is 0.222 e. The highest BCUT2D eigenvalue weighted by Gasteiger charge is 2.25. The Morgan fingerprint density at radius 3 is 2.64 bits per heavy atom. The first-order valence-corrected chi connectivity index (χ1v) is 3.55. The summed E-state index contributed by atoms with van der Waals surface area (Å²) in [5, 5.41) is 2.79. The molecule has 1 aromatic heterocycles. The highest BCUT2D eigenvalue weighted by atomic mass is 16.2. The number of amides is 1. The lowest BCUT2D eigenvalue weighted by molar-refractivity contribution is -0.128. The average molecular weight is 148 g/mol. The molecule has 1 atom stereocenters. The third kappa shape index (κ3) is 1.09. The Hall–Kier alpha value is -1.38. The molecule has 0 bridgehead atoms. The number of aromatic nitrogens is 1. The maximum atomic E-state index is 10.6. The molecule has 0 aliphatic carbocycles. The molecule has 0 radical (unpaired) electrons. The molecular formula is C8H8N2O. The topological polar surface area (TPSA) is 42.0 Å². The van der Waals surface area contributed by atoms with Crippen LogP contribution in [-0.2, 0) is 4.79 Å². The van der Waals surface area contributed by atoms with Crippen LogP contribution in [0.2, 0.25) is 0 Å². The fourth-order valence-electron chi connectivity index (χ4n) is 1.16. The monoisotopic (exact) mass is 148 g/mol. The van der Waals surface area contributed by atoms with Gasteiger partial charge in [0.2, 0.25) is 5.91 Å². The molecule has 2 rings (SSSR count). The van der Waals surface area contributed by atoms with Gasteiger partial charge in [0.1, 0.15) is 0 Å². The summed E-state index contributed by atoms with van der Waals surface area (Å²) in [5.74, 6) is 0.131. The molecule has 0 aromatic carbocycles.